The van der Waals surface area contributed by atoms with Crippen LogP contribution in [-0.4, -0.2) is 54.6 Å². The third-order valence-electron chi connectivity index (χ3n) is 4.17. The number of rotatable bonds is 6. The summed E-state index contributed by atoms with van der Waals surface area (Å²) in [6.07, 6.45) is 10.3. The monoisotopic (exact) mass is 261 g/mol. The molecule has 2 heterocycles. The van der Waals surface area contributed by atoms with Crippen molar-refractivity contribution in [2.24, 2.45) is 0 Å². The van der Waals surface area contributed by atoms with Gasteiger partial charge in [-0.2, -0.15) is 0 Å². The molecule has 3 nitrogen and oxygen atoms in total. The van der Waals surface area contributed by atoms with Gasteiger partial charge in [-0.25, -0.2) is 0 Å². The lowest BCUT2D eigenvalue weighted by atomic mass is 10.0. The molecule has 1 unspecified atom stereocenters. The molecule has 1 aromatic rings. The molecule has 0 aromatic carbocycles. The molecular weight excluding hydrogens is 234 g/mol. The normalized spacial score (nSPS) is 20.9. The van der Waals surface area contributed by atoms with Crippen LogP contribution in [0.1, 0.15) is 31.2 Å². The van der Waals surface area contributed by atoms with Crippen LogP contribution >= 0.6 is 0 Å². The van der Waals surface area contributed by atoms with Crippen LogP contribution in [0, 0.1) is 0 Å². The highest BCUT2D eigenvalue weighted by Gasteiger charge is 2.19. The molecule has 1 atom stereocenters. The molecule has 0 amide bonds. The van der Waals surface area contributed by atoms with Gasteiger partial charge in [-0.1, -0.05) is 12.5 Å². The van der Waals surface area contributed by atoms with Gasteiger partial charge in [0.05, 0.1) is 0 Å². The van der Waals surface area contributed by atoms with Gasteiger partial charge in [0.25, 0.3) is 0 Å². The number of likely N-dealkylation sites (N-methyl/N-ethyl adjacent to an activating group) is 2. The quantitative estimate of drug-likeness (QED) is 0.784. The Bertz CT molecular complexity index is 352. The molecule has 0 aliphatic carbocycles. The van der Waals surface area contributed by atoms with Crippen molar-refractivity contribution in [3.8, 4) is 0 Å². The van der Waals surface area contributed by atoms with Gasteiger partial charge < -0.3 is 9.80 Å². The fourth-order valence-electron chi connectivity index (χ4n) is 2.92. The van der Waals surface area contributed by atoms with Gasteiger partial charge >= 0.3 is 0 Å². The lowest BCUT2D eigenvalue weighted by molar-refractivity contribution is 0.141. The van der Waals surface area contributed by atoms with Gasteiger partial charge in [-0.05, 0) is 64.5 Å². The van der Waals surface area contributed by atoms with Crippen molar-refractivity contribution < 1.29 is 0 Å². The number of pyridine rings is 1. The lowest BCUT2D eigenvalue weighted by Gasteiger charge is -2.35. The van der Waals surface area contributed by atoms with Crippen molar-refractivity contribution >= 4 is 0 Å². The fraction of sp³-hybridized carbons (Fsp3) is 0.688. The average Bonchev–Trinajstić information content (AvgIpc) is 2.43. The second-order valence-electron chi connectivity index (χ2n) is 5.86. The number of hydrogen-bond acceptors (Lipinski definition) is 3. The van der Waals surface area contributed by atoms with E-state index in [0.29, 0.717) is 0 Å². The summed E-state index contributed by atoms with van der Waals surface area (Å²) in [5.41, 5.74) is 1.35. The van der Waals surface area contributed by atoms with Gasteiger partial charge in [0, 0.05) is 25.0 Å². The lowest BCUT2D eigenvalue weighted by Crippen LogP contribution is -2.43. The number of nitrogens with zero attached hydrogens (tertiary/aromatic N) is 3. The average molecular weight is 261 g/mol. The van der Waals surface area contributed by atoms with Crippen molar-refractivity contribution in [1.82, 2.24) is 14.8 Å². The van der Waals surface area contributed by atoms with Crippen LogP contribution in [0.3, 0.4) is 0 Å². The number of likely N-dealkylation sites (tertiary alicyclic amines) is 1. The van der Waals surface area contributed by atoms with Crippen LogP contribution in [0.5, 0.6) is 0 Å². The van der Waals surface area contributed by atoms with E-state index < -0.39 is 0 Å². The Hall–Kier alpha value is -0.930. The van der Waals surface area contributed by atoms with Crippen molar-refractivity contribution in [1.29, 1.82) is 0 Å². The molecule has 1 aliphatic rings. The maximum absolute atomic E-state index is 4.17. The number of aromatic nitrogens is 1. The zero-order valence-electron chi connectivity index (χ0n) is 12.4. The van der Waals surface area contributed by atoms with Crippen LogP contribution in [0.4, 0.5) is 0 Å². The minimum Gasteiger partial charge on any atom is -0.305 e. The Morgan fingerprint density at radius 2 is 2.32 bits per heavy atom. The molecule has 2 rings (SSSR count). The van der Waals surface area contributed by atoms with E-state index in [2.05, 4.69) is 34.9 Å². The minimum absolute atomic E-state index is 0.761. The molecule has 1 fully saturated rings. The SMILES string of the molecule is CN(CCCc1cccnc1)CC1CCCCN1C. The molecule has 0 radical (unpaired) electrons. The molecule has 0 bridgehead atoms. The Kier molecular flexibility index (Phi) is 5.80. The first-order chi connectivity index (χ1) is 9.25. The molecule has 106 valence electrons. The summed E-state index contributed by atoms with van der Waals surface area (Å²) in [5.74, 6) is 0. The van der Waals surface area contributed by atoms with Crippen LogP contribution in [0.15, 0.2) is 24.5 Å². The van der Waals surface area contributed by atoms with E-state index in [1.54, 1.807) is 0 Å². The first-order valence-electron chi connectivity index (χ1n) is 7.53. The van der Waals surface area contributed by atoms with Crippen molar-refractivity contribution in [2.75, 3.05) is 33.7 Å². The fourth-order valence-corrected chi connectivity index (χ4v) is 2.92. The minimum atomic E-state index is 0.761. The first-order valence-corrected chi connectivity index (χ1v) is 7.53. The Morgan fingerprint density at radius 3 is 3.05 bits per heavy atom. The first kappa shape index (κ1) is 14.5. The summed E-state index contributed by atoms with van der Waals surface area (Å²) < 4.78 is 0. The summed E-state index contributed by atoms with van der Waals surface area (Å²) in [5, 5.41) is 0. The predicted octanol–water partition coefficient (Wildman–Crippen LogP) is 2.43. The maximum Gasteiger partial charge on any atom is 0.0299 e. The van der Waals surface area contributed by atoms with Crippen molar-refractivity contribution in [3.05, 3.63) is 30.1 Å². The Morgan fingerprint density at radius 1 is 1.42 bits per heavy atom. The van der Waals surface area contributed by atoms with E-state index in [1.807, 2.05) is 18.5 Å². The van der Waals surface area contributed by atoms with Crippen LogP contribution in [0.25, 0.3) is 0 Å². The van der Waals surface area contributed by atoms with Gasteiger partial charge in [0.15, 0.2) is 0 Å². The molecule has 19 heavy (non-hydrogen) atoms. The summed E-state index contributed by atoms with van der Waals surface area (Å²) in [6.45, 7) is 3.66. The van der Waals surface area contributed by atoms with E-state index in [4.69, 9.17) is 0 Å². The summed E-state index contributed by atoms with van der Waals surface area (Å²) in [4.78, 5) is 9.18. The molecule has 1 aliphatic heterocycles. The van der Waals surface area contributed by atoms with Gasteiger partial charge in [-0.3, -0.25) is 4.98 Å². The summed E-state index contributed by atoms with van der Waals surface area (Å²) >= 11 is 0. The van der Waals surface area contributed by atoms with Gasteiger partial charge in [0.1, 0.15) is 0 Å². The highest BCUT2D eigenvalue weighted by atomic mass is 15.2. The highest BCUT2D eigenvalue weighted by molar-refractivity contribution is 5.08. The van der Waals surface area contributed by atoms with Gasteiger partial charge in [0.2, 0.25) is 0 Å². The summed E-state index contributed by atoms with van der Waals surface area (Å²) in [6, 6.07) is 4.95. The van der Waals surface area contributed by atoms with Crippen LogP contribution < -0.4 is 0 Å². The van der Waals surface area contributed by atoms with Crippen molar-refractivity contribution in [2.45, 2.75) is 38.1 Å². The molecule has 0 N–H and O–H groups in total. The van der Waals surface area contributed by atoms with Crippen LogP contribution in [-0.2, 0) is 6.42 Å². The maximum atomic E-state index is 4.17. The molecule has 3 heteroatoms. The largest absolute Gasteiger partial charge is 0.305 e. The topological polar surface area (TPSA) is 19.4 Å². The third kappa shape index (κ3) is 4.92. The van der Waals surface area contributed by atoms with E-state index in [1.165, 1.54) is 50.9 Å². The second-order valence-corrected chi connectivity index (χ2v) is 5.86. The molecule has 0 spiro atoms. The zero-order valence-corrected chi connectivity index (χ0v) is 12.4. The second kappa shape index (κ2) is 7.61. The molecular formula is C16H27N3. The van der Waals surface area contributed by atoms with E-state index in [-0.39, 0.29) is 0 Å². The molecule has 1 aromatic heterocycles. The Balaban J connectivity index is 1.65. The van der Waals surface area contributed by atoms with Crippen LogP contribution in [0.2, 0.25) is 0 Å². The van der Waals surface area contributed by atoms with E-state index in [0.717, 1.165) is 12.5 Å². The van der Waals surface area contributed by atoms with Gasteiger partial charge in [-0.15, -0.1) is 0 Å². The highest BCUT2D eigenvalue weighted by Crippen LogP contribution is 2.15. The van der Waals surface area contributed by atoms with Crippen molar-refractivity contribution in [3.63, 3.8) is 0 Å². The molecule has 1 saturated heterocycles. The standard InChI is InChI=1S/C16H27N3/c1-18(14-16-9-3-4-12-19(16)2)11-6-8-15-7-5-10-17-13-15/h5,7,10,13,16H,3-4,6,8-9,11-12,14H2,1-2H3. The van der Waals surface area contributed by atoms with E-state index >= 15 is 0 Å². The molecule has 0 saturated carbocycles. The number of hydrogen-bond donors (Lipinski definition) is 0. The number of aryl methyl sites for hydroxylation is 1. The summed E-state index contributed by atoms with van der Waals surface area (Å²) in [7, 11) is 4.53. The third-order valence-corrected chi connectivity index (χ3v) is 4.17. The number of piperidine rings is 1. The van der Waals surface area contributed by atoms with E-state index in [9.17, 15) is 0 Å². The zero-order chi connectivity index (χ0) is 13.5. The smallest absolute Gasteiger partial charge is 0.0299 e. The predicted molar refractivity (Wildman–Crippen MR) is 80.3 cm³/mol. The Labute approximate surface area is 117 Å².